The zero-order valence-electron chi connectivity index (χ0n) is 50.1. The quantitative estimate of drug-likeness (QED) is 0.0108. The molecule has 84 heavy (non-hydrogen) atoms. The molecule has 0 saturated carbocycles. The summed E-state index contributed by atoms with van der Waals surface area (Å²) in [6, 6.07) is 32.5. The van der Waals surface area contributed by atoms with Gasteiger partial charge in [0.2, 0.25) is 0 Å². The SMILES string of the molecule is CCOC(=O)CCCCCN(CCCOc1ccc(C(=N)N)cc1)C1CCN(CCCOc2ccc(C(=N)N)cc2)CC1.[C-]#[N+]c1ccc(OCCCN2CCC(N(CCCCCC(=O)OCC)CCCOc3ccc(C#N)cc3)CC2)cc1. The van der Waals surface area contributed by atoms with Gasteiger partial charge in [-0.25, -0.2) is 4.85 Å². The number of nitrogens with two attached hydrogens (primary N) is 2. The lowest BCUT2D eigenvalue weighted by atomic mass is 10.0. The first-order valence-corrected chi connectivity index (χ1v) is 30.6. The molecule has 2 aliphatic rings. The predicted molar refractivity (Wildman–Crippen MR) is 331 cm³/mol. The number of nitrogens with one attached hydrogen (secondary N) is 2. The number of nitriles is 1. The molecule has 0 aromatic heterocycles. The summed E-state index contributed by atoms with van der Waals surface area (Å²) in [6.07, 6.45) is 15.3. The third-order valence-corrected chi connectivity index (χ3v) is 15.2. The van der Waals surface area contributed by atoms with Gasteiger partial charge in [0.15, 0.2) is 5.69 Å². The van der Waals surface area contributed by atoms with Gasteiger partial charge in [0.05, 0.1) is 57.8 Å². The third-order valence-electron chi connectivity index (χ3n) is 15.2. The molecule has 18 heteroatoms. The number of likely N-dealkylation sites (tertiary alicyclic amines) is 2. The normalized spacial score (nSPS) is 13.9. The van der Waals surface area contributed by atoms with Crippen molar-refractivity contribution in [1.29, 1.82) is 16.1 Å². The number of benzene rings is 4. The van der Waals surface area contributed by atoms with Gasteiger partial charge in [-0.3, -0.25) is 20.4 Å². The van der Waals surface area contributed by atoms with Crippen molar-refractivity contribution >= 4 is 29.3 Å². The zero-order valence-corrected chi connectivity index (χ0v) is 50.1. The molecule has 0 aliphatic carbocycles. The number of nitrogens with zero attached hydrogens (tertiary/aromatic N) is 6. The number of carbonyl (C=O) groups is 2. The summed E-state index contributed by atoms with van der Waals surface area (Å²) in [5.41, 5.74) is 13.7. The second-order valence-corrected chi connectivity index (χ2v) is 21.4. The van der Waals surface area contributed by atoms with Gasteiger partial charge in [-0.1, -0.05) is 25.0 Å². The molecule has 0 amide bonds. The molecule has 0 spiro atoms. The summed E-state index contributed by atoms with van der Waals surface area (Å²) in [6.45, 7) is 24.6. The number of nitrogen functional groups attached to an aromatic ring is 2. The Morgan fingerprint density at radius 2 is 0.881 bits per heavy atom. The Morgan fingerprint density at radius 3 is 1.23 bits per heavy atom. The van der Waals surface area contributed by atoms with E-state index in [1.807, 2.05) is 86.6 Å². The van der Waals surface area contributed by atoms with Crippen LogP contribution in [-0.4, -0.2) is 160 Å². The van der Waals surface area contributed by atoms with Crippen LogP contribution in [0.15, 0.2) is 97.1 Å². The fourth-order valence-corrected chi connectivity index (χ4v) is 10.5. The van der Waals surface area contributed by atoms with Crippen LogP contribution in [0.3, 0.4) is 0 Å². The Balaban J connectivity index is 0.000000308. The molecule has 0 bridgehead atoms. The van der Waals surface area contributed by atoms with E-state index >= 15 is 0 Å². The van der Waals surface area contributed by atoms with Gasteiger partial charge >= 0.3 is 11.9 Å². The predicted octanol–water partition coefficient (Wildman–Crippen LogP) is 10.6. The first kappa shape index (κ1) is 67.6. The first-order chi connectivity index (χ1) is 41.0. The highest BCUT2D eigenvalue weighted by Gasteiger charge is 2.26. The van der Waals surface area contributed by atoms with E-state index < -0.39 is 0 Å². The van der Waals surface area contributed by atoms with Crippen molar-refractivity contribution in [3.8, 4) is 29.1 Å². The molecule has 2 fully saturated rings. The van der Waals surface area contributed by atoms with Crippen molar-refractivity contribution < 1.29 is 38.0 Å². The molecule has 6 N–H and O–H groups in total. The molecule has 0 radical (unpaired) electrons. The summed E-state index contributed by atoms with van der Waals surface area (Å²) in [7, 11) is 0. The topological polar surface area (TPSA) is 230 Å². The largest absolute Gasteiger partial charge is 0.494 e. The van der Waals surface area contributed by atoms with Gasteiger partial charge in [0.25, 0.3) is 0 Å². The van der Waals surface area contributed by atoms with E-state index in [1.54, 1.807) is 24.3 Å². The van der Waals surface area contributed by atoms with E-state index in [-0.39, 0.29) is 23.6 Å². The molecule has 0 atom stereocenters. The van der Waals surface area contributed by atoms with Crippen LogP contribution in [0.1, 0.15) is 133 Å². The zero-order chi connectivity index (χ0) is 60.0. The molecular weight excluding hydrogens is 1060 g/mol. The summed E-state index contributed by atoms with van der Waals surface area (Å²) in [4.78, 5) is 37.1. The number of piperidine rings is 2. The first-order valence-electron chi connectivity index (χ1n) is 30.6. The van der Waals surface area contributed by atoms with E-state index in [0.29, 0.717) is 86.9 Å². The molecule has 0 unspecified atom stereocenters. The highest BCUT2D eigenvalue weighted by atomic mass is 16.5. The van der Waals surface area contributed by atoms with Crippen molar-refractivity contribution in [1.82, 2.24) is 19.6 Å². The van der Waals surface area contributed by atoms with Crippen LogP contribution in [0.2, 0.25) is 0 Å². The molecule has 456 valence electrons. The highest BCUT2D eigenvalue weighted by molar-refractivity contribution is 5.95. The standard InChI is InChI=1S/C33H50N6O4.C33H44N4O4/c1-2-41-31(40)8-4-3-5-20-39(21-7-25-43-30-15-11-27(12-16-30)33(36)37)28-17-22-38(23-18-28)19-6-24-42-29-13-9-26(10-14-29)32(34)35;1-3-39-33(38)9-5-4-6-21-37(22-8-26-41-31-14-10-28(27-34)11-15-31)30-18-23-36(24-19-30)20-7-25-40-32-16-12-29(35-2)13-17-32/h9-16,28H,2-8,17-25H2,1H3,(H3,34,35)(H3,36,37);10-17,30H,3-9,18-26H2,1H3. The van der Waals surface area contributed by atoms with Gasteiger partial charge in [0, 0.05) is 62.2 Å². The number of hydrogen-bond donors (Lipinski definition) is 4. The summed E-state index contributed by atoms with van der Waals surface area (Å²) >= 11 is 0. The fourth-order valence-electron chi connectivity index (χ4n) is 10.5. The molecule has 2 heterocycles. The van der Waals surface area contributed by atoms with Crippen molar-refractivity contribution in [3.05, 3.63) is 125 Å². The van der Waals surface area contributed by atoms with E-state index in [1.165, 1.54) is 0 Å². The Morgan fingerprint density at radius 1 is 0.536 bits per heavy atom. The number of carbonyl (C=O) groups excluding carboxylic acids is 2. The van der Waals surface area contributed by atoms with E-state index in [0.717, 1.165) is 178 Å². The Kier molecular flexibility index (Phi) is 32.3. The maximum absolute atomic E-state index is 11.7. The number of amidine groups is 2. The molecule has 18 nitrogen and oxygen atoms in total. The Hall–Kier alpha value is -7.22. The molecular formula is C66H94N10O8. The minimum Gasteiger partial charge on any atom is -0.494 e. The molecule has 4 aromatic rings. The number of rotatable bonds is 38. The van der Waals surface area contributed by atoms with Gasteiger partial charge in [0.1, 0.15) is 34.7 Å². The van der Waals surface area contributed by atoms with Crippen LogP contribution in [0.4, 0.5) is 5.69 Å². The van der Waals surface area contributed by atoms with Crippen LogP contribution in [-0.2, 0) is 19.1 Å². The molecule has 2 aliphatic heterocycles. The molecule has 4 aromatic carbocycles. The van der Waals surface area contributed by atoms with Gasteiger partial charge in [-0.15, -0.1) is 0 Å². The lowest BCUT2D eigenvalue weighted by Crippen LogP contribution is -2.46. The maximum Gasteiger partial charge on any atom is 0.305 e. The smallest absolute Gasteiger partial charge is 0.305 e. The fraction of sp³-hybridized carbons (Fsp3) is 0.545. The van der Waals surface area contributed by atoms with Crippen molar-refractivity contribution in [3.63, 3.8) is 0 Å². The average Bonchev–Trinajstić information content (AvgIpc) is 3.55. The second kappa shape index (κ2) is 40.1. The van der Waals surface area contributed by atoms with Gasteiger partial charge in [-0.05, 0) is 215 Å². The van der Waals surface area contributed by atoms with E-state index in [4.69, 9.17) is 62.5 Å². The van der Waals surface area contributed by atoms with Crippen LogP contribution < -0.4 is 30.4 Å². The number of esters is 2. The molecule has 2 saturated heterocycles. The molecule has 6 rings (SSSR count). The minimum absolute atomic E-state index is 0.0566. The van der Waals surface area contributed by atoms with E-state index in [2.05, 4.69) is 30.5 Å². The average molecular weight is 1160 g/mol. The summed E-state index contributed by atoms with van der Waals surface area (Å²) in [5.74, 6) is 3.13. The Labute approximate surface area is 500 Å². The van der Waals surface area contributed by atoms with Crippen molar-refractivity contribution in [2.24, 2.45) is 11.5 Å². The maximum atomic E-state index is 11.7. The van der Waals surface area contributed by atoms with Crippen molar-refractivity contribution in [2.75, 3.05) is 105 Å². The van der Waals surface area contributed by atoms with Crippen LogP contribution in [0.5, 0.6) is 23.0 Å². The highest BCUT2D eigenvalue weighted by Crippen LogP contribution is 2.23. The monoisotopic (exact) mass is 1150 g/mol. The number of unbranched alkanes of at least 4 members (excludes halogenated alkanes) is 4. The van der Waals surface area contributed by atoms with Crippen molar-refractivity contribution in [2.45, 2.75) is 129 Å². The Bertz CT molecular complexity index is 2580. The number of ether oxygens (including phenoxy) is 6. The lowest BCUT2D eigenvalue weighted by molar-refractivity contribution is -0.144. The second-order valence-electron chi connectivity index (χ2n) is 21.4. The van der Waals surface area contributed by atoms with Gasteiger partial charge < -0.3 is 59.5 Å². The minimum atomic E-state index is -0.100. The van der Waals surface area contributed by atoms with Crippen LogP contribution >= 0.6 is 0 Å². The third kappa shape index (κ3) is 27.0. The van der Waals surface area contributed by atoms with Crippen LogP contribution in [0.25, 0.3) is 4.85 Å². The van der Waals surface area contributed by atoms with Gasteiger partial charge in [-0.2, -0.15) is 5.26 Å². The lowest BCUT2D eigenvalue weighted by Gasteiger charge is -2.38. The summed E-state index contributed by atoms with van der Waals surface area (Å²) < 4.78 is 33.8. The summed E-state index contributed by atoms with van der Waals surface area (Å²) in [5, 5.41) is 24.0. The number of hydrogen-bond acceptors (Lipinski definition) is 15. The van der Waals surface area contributed by atoms with Crippen LogP contribution in [0, 0.1) is 28.7 Å². The van der Waals surface area contributed by atoms with E-state index in [9.17, 15) is 9.59 Å².